The molecule has 1 N–H and O–H groups in total. The van der Waals surface area contributed by atoms with E-state index in [1.54, 1.807) is 6.33 Å². The normalized spacial score (nSPS) is 26.6. The van der Waals surface area contributed by atoms with Crippen LogP contribution in [-0.2, 0) is 13.5 Å². The third-order valence-corrected chi connectivity index (χ3v) is 3.72. The molecule has 1 aromatic rings. The number of nitrogens with zero attached hydrogens (tertiary/aromatic N) is 3. The quantitative estimate of drug-likeness (QED) is 0.789. The molecule has 0 amide bonds. The van der Waals surface area contributed by atoms with Gasteiger partial charge >= 0.3 is 0 Å². The Kier molecular flexibility index (Phi) is 3.93. The van der Waals surface area contributed by atoms with E-state index in [1.807, 2.05) is 11.7 Å². The van der Waals surface area contributed by atoms with Gasteiger partial charge in [-0.2, -0.15) is 5.10 Å². The zero-order chi connectivity index (χ0) is 11.4. The van der Waals surface area contributed by atoms with Crippen molar-refractivity contribution in [3.05, 3.63) is 12.2 Å². The van der Waals surface area contributed by atoms with Crippen LogP contribution in [0.5, 0.6) is 0 Å². The molecule has 1 aliphatic rings. The van der Waals surface area contributed by atoms with Crippen LogP contribution in [0.1, 0.15) is 37.9 Å². The molecule has 1 aromatic heterocycles. The lowest BCUT2D eigenvalue weighted by molar-refractivity contribution is 0.390. The zero-order valence-electron chi connectivity index (χ0n) is 10.3. The molecule has 90 valence electrons. The fraction of sp³-hybridized carbons (Fsp3) is 0.833. The lowest BCUT2D eigenvalue weighted by Crippen LogP contribution is -2.27. The van der Waals surface area contributed by atoms with E-state index in [1.165, 1.54) is 32.1 Å². The van der Waals surface area contributed by atoms with Crippen LogP contribution in [0, 0.1) is 5.92 Å². The van der Waals surface area contributed by atoms with E-state index in [-0.39, 0.29) is 0 Å². The Morgan fingerprint density at radius 2 is 2.25 bits per heavy atom. The summed E-state index contributed by atoms with van der Waals surface area (Å²) in [6, 6.07) is 0.695. The molecule has 0 spiro atoms. The van der Waals surface area contributed by atoms with Crippen molar-refractivity contribution in [2.45, 2.75) is 44.6 Å². The van der Waals surface area contributed by atoms with Gasteiger partial charge in [-0.05, 0) is 32.2 Å². The topological polar surface area (TPSA) is 42.7 Å². The Bertz CT molecular complexity index is 321. The van der Waals surface area contributed by atoms with Crippen molar-refractivity contribution in [2.75, 3.05) is 7.05 Å². The second-order valence-corrected chi connectivity index (χ2v) is 4.88. The first-order chi connectivity index (χ1) is 7.79. The summed E-state index contributed by atoms with van der Waals surface area (Å²) in [6.45, 7) is 0. The predicted octanol–water partition coefficient (Wildman–Crippen LogP) is 1.53. The number of aryl methyl sites for hydroxylation is 1. The van der Waals surface area contributed by atoms with E-state index < -0.39 is 0 Å². The highest BCUT2D eigenvalue weighted by molar-refractivity contribution is 4.88. The minimum Gasteiger partial charge on any atom is -0.317 e. The second kappa shape index (κ2) is 5.43. The fourth-order valence-electron chi connectivity index (χ4n) is 2.67. The standard InChI is InChI=1S/C12H22N4/c1-13-11-6-4-3-5-10(7-11)8-12-14-9-15-16(12)2/h9-11,13H,3-8H2,1-2H3. The monoisotopic (exact) mass is 222 g/mol. The number of rotatable bonds is 3. The molecule has 0 aliphatic heterocycles. The first kappa shape index (κ1) is 11.6. The van der Waals surface area contributed by atoms with E-state index in [9.17, 15) is 0 Å². The first-order valence-electron chi connectivity index (χ1n) is 6.29. The SMILES string of the molecule is CNC1CCCCC(Cc2ncnn2C)C1. The van der Waals surface area contributed by atoms with Crippen LogP contribution in [0.25, 0.3) is 0 Å². The van der Waals surface area contributed by atoms with Crippen LogP contribution >= 0.6 is 0 Å². The first-order valence-corrected chi connectivity index (χ1v) is 6.29. The summed E-state index contributed by atoms with van der Waals surface area (Å²) in [5, 5.41) is 7.56. The van der Waals surface area contributed by atoms with E-state index in [0.717, 1.165) is 18.2 Å². The van der Waals surface area contributed by atoms with Crippen LogP contribution in [0.15, 0.2) is 6.33 Å². The molecule has 2 rings (SSSR count). The number of aromatic nitrogens is 3. The Hall–Kier alpha value is -0.900. The third kappa shape index (κ3) is 2.82. The van der Waals surface area contributed by atoms with E-state index in [0.29, 0.717) is 6.04 Å². The zero-order valence-corrected chi connectivity index (χ0v) is 10.3. The molecule has 16 heavy (non-hydrogen) atoms. The van der Waals surface area contributed by atoms with Crippen LogP contribution in [-0.4, -0.2) is 27.9 Å². The van der Waals surface area contributed by atoms with E-state index >= 15 is 0 Å². The average molecular weight is 222 g/mol. The van der Waals surface area contributed by atoms with Gasteiger partial charge in [0.25, 0.3) is 0 Å². The Morgan fingerprint density at radius 3 is 2.94 bits per heavy atom. The van der Waals surface area contributed by atoms with Gasteiger partial charge in [-0.3, -0.25) is 4.68 Å². The minimum absolute atomic E-state index is 0.695. The molecule has 1 heterocycles. The molecule has 0 aromatic carbocycles. The second-order valence-electron chi connectivity index (χ2n) is 4.88. The van der Waals surface area contributed by atoms with Crippen molar-refractivity contribution in [1.29, 1.82) is 0 Å². The van der Waals surface area contributed by atoms with E-state index in [2.05, 4.69) is 22.4 Å². The Labute approximate surface area is 97.5 Å². The van der Waals surface area contributed by atoms with Crippen LogP contribution in [0.3, 0.4) is 0 Å². The van der Waals surface area contributed by atoms with Crippen molar-refractivity contribution in [1.82, 2.24) is 20.1 Å². The molecule has 1 fully saturated rings. The maximum absolute atomic E-state index is 4.32. The summed E-state index contributed by atoms with van der Waals surface area (Å²) in [5.74, 6) is 1.89. The smallest absolute Gasteiger partial charge is 0.138 e. The maximum Gasteiger partial charge on any atom is 0.138 e. The predicted molar refractivity (Wildman–Crippen MR) is 64.1 cm³/mol. The molecule has 4 nitrogen and oxygen atoms in total. The third-order valence-electron chi connectivity index (χ3n) is 3.72. The average Bonchev–Trinajstić information content (AvgIpc) is 2.55. The van der Waals surface area contributed by atoms with Crippen molar-refractivity contribution in [3.63, 3.8) is 0 Å². The van der Waals surface area contributed by atoms with Gasteiger partial charge in [0.2, 0.25) is 0 Å². The summed E-state index contributed by atoms with van der Waals surface area (Å²) in [7, 11) is 4.06. The number of hydrogen-bond donors (Lipinski definition) is 1. The van der Waals surface area contributed by atoms with Crippen LogP contribution in [0.4, 0.5) is 0 Å². The van der Waals surface area contributed by atoms with Gasteiger partial charge in [0.1, 0.15) is 12.2 Å². The highest BCUT2D eigenvalue weighted by atomic mass is 15.3. The molecule has 2 unspecified atom stereocenters. The number of nitrogens with one attached hydrogen (secondary N) is 1. The van der Waals surface area contributed by atoms with Crippen molar-refractivity contribution in [3.8, 4) is 0 Å². The fourth-order valence-corrected chi connectivity index (χ4v) is 2.67. The molecule has 2 atom stereocenters. The largest absolute Gasteiger partial charge is 0.317 e. The lowest BCUT2D eigenvalue weighted by atomic mass is 9.94. The van der Waals surface area contributed by atoms with Gasteiger partial charge in [-0.25, -0.2) is 4.98 Å². The molecule has 0 saturated heterocycles. The molecular formula is C12H22N4. The summed E-state index contributed by atoms with van der Waals surface area (Å²) >= 11 is 0. The molecule has 1 saturated carbocycles. The summed E-state index contributed by atoms with van der Waals surface area (Å²) in [6.07, 6.45) is 9.40. The lowest BCUT2D eigenvalue weighted by Gasteiger charge is -2.18. The van der Waals surface area contributed by atoms with E-state index in [4.69, 9.17) is 0 Å². The maximum atomic E-state index is 4.32. The van der Waals surface area contributed by atoms with Crippen LogP contribution < -0.4 is 5.32 Å². The van der Waals surface area contributed by atoms with Gasteiger partial charge < -0.3 is 5.32 Å². The molecular weight excluding hydrogens is 200 g/mol. The van der Waals surface area contributed by atoms with Gasteiger partial charge in [0.05, 0.1) is 0 Å². The molecule has 1 aliphatic carbocycles. The van der Waals surface area contributed by atoms with Crippen molar-refractivity contribution in [2.24, 2.45) is 13.0 Å². The minimum atomic E-state index is 0.695. The highest BCUT2D eigenvalue weighted by Crippen LogP contribution is 2.25. The summed E-state index contributed by atoms with van der Waals surface area (Å²) < 4.78 is 1.90. The Morgan fingerprint density at radius 1 is 1.44 bits per heavy atom. The molecule has 4 heteroatoms. The molecule has 0 bridgehead atoms. The number of hydrogen-bond acceptors (Lipinski definition) is 3. The van der Waals surface area contributed by atoms with Crippen molar-refractivity contribution >= 4 is 0 Å². The van der Waals surface area contributed by atoms with Gasteiger partial charge in [0, 0.05) is 19.5 Å². The van der Waals surface area contributed by atoms with Gasteiger partial charge in [-0.15, -0.1) is 0 Å². The highest BCUT2D eigenvalue weighted by Gasteiger charge is 2.20. The van der Waals surface area contributed by atoms with Gasteiger partial charge in [-0.1, -0.05) is 12.8 Å². The van der Waals surface area contributed by atoms with Crippen LogP contribution in [0.2, 0.25) is 0 Å². The summed E-state index contributed by atoms with van der Waals surface area (Å²) in [5.41, 5.74) is 0. The Balaban J connectivity index is 1.95. The van der Waals surface area contributed by atoms with Crippen molar-refractivity contribution < 1.29 is 0 Å². The molecule has 0 radical (unpaired) electrons. The summed E-state index contributed by atoms with van der Waals surface area (Å²) in [4.78, 5) is 4.32. The van der Waals surface area contributed by atoms with Gasteiger partial charge in [0.15, 0.2) is 0 Å².